The maximum atomic E-state index is 6.02. The van der Waals surface area contributed by atoms with Crippen molar-refractivity contribution in [1.82, 2.24) is 0 Å². The number of hydrogen-bond acceptors (Lipinski definition) is 4. The minimum Gasteiger partial charge on any atom is -0.194 e. The van der Waals surface area contributed by atoms with Crippen molar-refractivity contribution >= 4 is 0 Å². The zero-order valence-electron chi connectivity index (χ0n) is 15.0. The summed E-state index contributed by atoms with van der Waals surface area (Å²) < 4.78 is 0. The normalized spacial score (nSPS) is 47.7. The first kappa shape index (κ1) is 16.7. The standard InChI is InChI=1S/C18H32O4/c1-13-7-9-15(3,4)17(11-13)19-21-18(22-20-17)12-14(2)8-10-16(18,5)6/h13-14H,7-12H2,1-6H3. The van der Waals surface area contributed by atoms with E-state index in [4.69, 9.17) is 19.6 Å². The first-order valence-corrected chi connectivity index (χ1v) is 8.85. The lowest BCUT2D eigenvalue weighted by Gasteiger charge is -2.57. The molecule has 0 amide bonds. The van der Waals surface area contributed by atoms with Gasteiger partial charge in [0.1, 0.15) is 0 Å². The first-order valence-electron chi connectivity index (χ1n) is 8.85. The highest BCUT2D eigenvalue weighted by Gasteiger charge is 2.63. The van der Waals surface area contributed by atoms with Gasteiger partial charge in [-0.05, 0) is 37.5 Å². The van der Waals surface area contributed by atoms with E-state index in [0.717, 1.165) is 25.7 Å². The van der Waals surface area contributed by atoms with Crippen molar-refractivity contribution in [3.8, 4) is 0 Å². The van der Waals surface area contributed by atoms with Crippen LogP contribution in [0.4, 0.5) is 0 Å². The molecule has 3 rings (SSSR count). The lowest BCUT2D eigenvalue weighted by molar-refractivity contribution is -0.689. The van der Waals surface area contributed by atoms with Crippen molar-refractivity contribution < 1.29 is 19.6 Å². The molecule has 128 valence electrons. The Morgan fingerprint density at radius 1 is 0.636 bits per heavy atom. The van der Waals surface area contributed by atoms with Crippen molar-refractivity contribution in [2.24, 2.45) is 22.7 Å². The van der Waals surface area contributed by atoms with Crippen LogP contribution in [0.2, 0.25) is 0 Å². The van der Waals surface area contributed by atoms with Crippen molar-refractivity contribution in [3.05, 3.63) is 0 Å². The minimum absolute atomic E-state index is 0.119. The van der Waals surface area contributed by atoms with Crippen LogP contribution < -0.4 is 0 Å². The van der Waals surface area contributed by atoms with E-state index in [0.29, 0.717) is 11.8 Å². The molecule has 0 aromatic rings. The minimum atomic E-state index is -0.785. The Hall–Kier alpha value is -0.160. The van der Waals surface area contributed by atoms with Crippen molar-refractivity contribution in [2.75, 3.05) is 0 Å². The lowest BCUT2D eigenvalue weighted by Crippen LogP contribution is -2.64. The second-order valence-corrected chi connectivity index (χ2v) is 9.30. The van der Waals surface area contributed by atoms with E-state index in [1.54, 1.807) is 0 Å². The third kappa shape index (κ3) is 2.43. The fraction of sp³-hybridized carbons (Fsp3) is 1.00. The monoisotopic (exact) mass is 312 g/mol. The molecule has 0 bridgehead atoms. The Morgan fingerprint density at radius 2 is 0.955 bits per heavy atom. The molecule has 2 spiro atoms. The third-order valence-electron chi connectivity index (χ3n) is 6.44. The molecule has 0 radical (unpaired) electrons. The fourth-order valence-electron chi connectivity index (χ4n) is 4.15. The second kappa shape index (κ2) is 5.17. The third-order valence-corrected chi connectivity index (χ3v) is 6.44. The van der Waals surface area contributed by atoms with Gasteiger partial charge in [-0.1, -0.05) is 41.5 Å². The molecule has 3 fully saturated rings. The maximum absolute atomic E-state index is 6.02. The van der Waals surface area contributed by atoms with Gasteiger partial charge in [-0.25, -0.2) is 0 Å². The van der Waals surface area contributed by atoms with Gasteiger partial charge < -0.3 is 0 Å². The molecule has 0 aromatic carbocycles. The van der Waals surface area contributed by atoms with E-state index in [1.807, 2.05) is 0 Å². The van der Waals surface area contributed by atoms with Crippen LogP contribution in [-0.2, 0) is 19.6 Å². The highest BCUT2D eigenvalue weighted by Crippen LogP contribution is 2.57. The van der Waals surface area contributed by atoms with Crippen LogP contribution in [0.3, 0.4) is 0 Å². The van der Waals surface area contributed by atoms with E-state index in [9.17, 15) is 0 Å². The summed E-state index contributed by atoms with van der Waals surface area (Å²) in [6.07, 6.45) is 6.10. The molecule has 2 unspecified atom stereocenters. The number of rotatable bonds is 0. The Labute approximate surface area is 134 Å². The smallest absolute Gasteiger partial charge is 0.194 e. The largest absolute Gasteiger partial charge is 0.239 e. The first-order chi connectivity index (χ1) is 10.1. The van der Waals surface area contributed by atoms with Crippen LogP contribution in [-0.4, -0.2) is 11.6 Å². The van der Waals surface area contributed by atoms with E-state index in [1.165, 1.54) is 12.8 Å². The van der Waals surface area contributed by atoms with Gasteiger partial charge >= 0.3 is 0 Å². The van der Waals surface area contributed by atoms with Gasteiger partial charge in [0.2, 0.25) is 11.6 Å². The Morgan fingerprint density at radius 3 is 1.27 bits per heavy atom. The molecule has 3 aliphatic rings. The van der Waals surface area contributed by atoms with Crippen molar-refractivity contribution in [1.29, 1.82) is 0 Å². The van der Waals surface area contributed by atoms with E-state index < -0.39 is 11.6 Å². The lowest BCUT2D eigenvalue weighted by atomic mass is 9.68. The highest BCUT2D eigenvalue weighted by atomic mass is 17.4. The van der Waals surface area contributed by atoms with Gasteiger partial charge in [0.05, 0.1) is 0 Å². The average molecular weight is 312 g/mol. The van der Waals surface area contributed by atoms with Crippen LogP contribution in [0.15, 0.2) is 0 Å². The van der Waals surface area contributed by atoms with E-state index in [2.05, 4.69) is 41.5 Å². The highest BCUT2D eigenvalue weighted by molar-refractivity contribution is 4.96. The molecule has 4 heteroatoms. The van der Waals surface area contributed by atoms with Gasteiger partial charge in [-0.15, -0.1) is 0 Å². The summed E-state index contributed by atoms with van der Waals surface area (Å²) in [5.41, 5.74) is -0.239. The average Bonchev–Trinajstić information content (AvgIpc) is 2.43. The zero-order valence-corrected chi connectivity index (χ0v) is 15.0. The van der Waals surface area contributed by atoms with Crippen LogP contribution in [0.1, 0.15) is 80.1 Å². The predicted molar refractivity (Wildman–Crippen MR) is 83.4 cm³/mol. The Kier molecular flexibility index (Phi) is 3.92. The molecule has 1 saturated heterocycles. The molecule has 0 N–H and O–H groups in total. The van der Waals surface area contributed by atoms with Crippen LogP contribution in [0.5, 0.6) is 0 Å². The van der Waals surface area contributed by atoms with Crippen LogP contribution in [0.25, 0.3) is 0 Å². The molecular weight excluding hydrogens is 280 g/mol. The second-order valence-electron chi connectivity index (χ2n) is 9.30. The van der Waals surface area contributed by atoms with Gasteiger partial charge in [0.15, 0.2) is 0 Å². The SMILES string of the molecule is CC1CCC(C)(C)C2(C1)OOC1(CC(C)CCC1(C)C)OO2. The van der Waals surface area contributed by atoms with Gasteiger partial charge in [-0.2, -0.15) is 19.6 Å². The molecule has 2 saturated carbocycles. The summed E-state index contributed by atoms with van der Waals surface area (Å²) in [7, 11) is 0. The van der Waals surface area contributed by atoms with Crippen molar-refractivity contribution in [3.63, 3.8) is 0 Å². The maximum Gasteiger partial charge on any atom is 0.239 e. The van der Waals surface area contributed by atoms with E-state index in [-0.39, 0.29) is 10.8 Å². The molecule has 1 heterocycles. The van der Waals surface area contributed by atoms with Crippen LogP contribution >= 0.6 is 0 Å². The molecular formula is C18H32O4. The fourth-order valence-corrected chi connectivity index (χ4v) is 4.15. The quantitative estimate of drug-likeness (QED) is 0.591. The summed E-state index contributed by atoms with van der Waals surface area (Å²) in [5.74, 6) is -0.473. The topological polar surface area (TPSA) is 36.9 Å². The molecule has 22 heavy (non-hydrogen) atoms. The summed E-state index contributed by atoms with van der Waals surface area (Å²) in [6.45, 7) is 13.2. The number of hydrogen-bond donors (Lipinski definition) is 0. The Bertz CT molecular complexity index is 381. The molecule has 4 nitrogen and oxygen atoms in total. The summed E-state index contributed by atoms with van der Waals surface area (Å²) in [4.78, 5) is 24.1. The Balaban J connectivity index is 1.81. The molecule has 2 aliphatic carbocycles. The van der Waals surface area contributed by atoms with Gasteiger partial charge in [0.25, 0.3) is 0 Å². The van der Waals surface area contributed by atoms with Crippen LogP contribution in [0, 0.1) is 22.7 Å². The zero-order chi connectivity index (χ0) is 16.2. The van der Waals surface area contributed by atoms with E-state index >= 15 is 0 Å². The summed E-state index contributed by atoms with van der Waals surface area (Å²) >= 11 is 0. The van der Waals surface area contributed by atoms with Crippen molar-refractivity contribution in [2.45, 2.75) is 91.6 Å². The summed E-state index contributed by atoms with van der Waals surface area (Å²) in [5, 5.41) is 0. The molecule has 2 atom stereocenters. The molecule has 1 aliphatic heterocycles. The molecule has 0 aromatic heterocycles. The predicted octanol–water partition coefficient (Wildman–Crippen LogP) is 4.98. The van der Waals surface area contributed by atoms with Gasteiger partial charge in [0, 0.05) is 23.7 Å². The van der Waals surface area contributed by atoms with Gasteiger partial charge in [-0.3, -0.25) is 0 Å². The summed E-state index contributed by atoms with van der Waals surface area (Å²) in [6, 6.07) is 0.